The van der Waals surface area contributed by atoms with Gasteiger partial charge in [0, 0.05) is 28.2 Å². The van der Waals surface area contributed by atoms with Gasteiger partial charge in [0.15, 0.2) is 0 Å². The van der Waals surface area contributed by atoms with Crippen LogP contribution in [0.25, 0.3) is 10.9 Å². The topological polar surface area (TPSA) is 101 Å². The maximum Gasteiger partial charge on any atom is 0.270 e. The van der Waals surface area contributed by atoms with Crippen molar-refractivity contribution in [3.63, 3.8) is 0 Å². The van der Waals surface area contributed by atoms with Crippen LogP contribution in [-0.4, -0.2) is 24.3 Å². The van der Waals surface area contributed by atoms with E-state index in [0.717, 1.165) is 16.7 Å². The molecule has 8 heteroatoms. The van der Waals surface area contributed by atoms with Crippen molar-refractivity contribution in [2.24, 2.45) is 0 Å². The highest BCUT2D eigenvalue weighted by molar-refractivity contribution is 7.90. The largest absolute Gasteiger partial charge is 0.438 e. The molecule has 0 atom stereocenters. The number of rotatable bonds is 5. The second kappa shape index (κ2) is 8.85. The van der Waals surface area contributed by atoms with Crippen LogP contribution in [0.5, 0.6) is 11.6 Å². The number of benzene rings is 2. The van der Waals surface area contributed by atoms with E-state index in [1.54, 1.807) is 36.5 Å². The van der Waals surface area contributed by atoms with E-state index in [-0.39, 0.29) is 21.8 Å². The number of hydrogen-bond acceptors (Lipinski definition) is 5. The molecule has 2 N–H and O–H groups in total. The first-order chi connectivity index (χ1) is 16.4. The van der Waals surface area contributed by atoms with E-state index >= 15 is 0 Å². The van der Waals surface area contributed by atoms with E-state index in [4.69, 9.17) is 4.74 Å². The maximum absolute atomic E-state index is 13.3. The van der Waals surface area contributed by atoms with E-state index in [0.29, 0.717) is 22.3 Å². The summed E-state index contributed by atoms with van der Waals surface area (Å²) in [5, 5.41) is 0.497. The third-order valence-electron chi connectivity index (χ3n) is 5.75. The van der Waals surface area contributed by atoms with Crippen molar-refractivity contribution in [1.29, 1.82) is 0 Å². The van der Waals surface area contributed by atoms with Gasteiger partial charge in [-0.1, -0.05) is 44.5 Å². The molecule has 0 saturated heterocycles. The van der Waals surface area contributed by atoms with Gasteiger partial charge in [0.1, 0.15) is 11.3 Å². The van der Waals surface area contributed by atoms with Crippen molar-refractivity contribution in [3.05, 3.63) is 82.7 Å². The smallest absolute Gasteiger partial charge is 0.270 e. The molecule has 4 aromatic rings. The van der Waals surface area contributed by atoms with Gasteiger partial charge in [-0.05, 0) is 62.2 Å². The number of amides is 1. The number of carbonyl (C=O) groups is 1. The first kappa shape index (κ1) is 24.5. The molecule has 0 fully saturated rings. The molecule has 0 radical (unpaired) electrons. The van der Waals surface area contributed by atoms with E-state index in [9.17, 15) is 13.2 Å². The van der Waals surface area contributed by atoms with Crippen LogP contribution in [-0.2, 0) is 15.4 Å². The molecule has 2 aromatic heterocycles. The number of sulfonamides is 1. The summed E-state index contributed by atoms with van der Waals surface area (Å²) in [5.41, 5.74) is 3.97. The molecule has 2 heterocycles. The fraction of sp³-hybridized carbons (Fsp3) is 0.259. The van der Waals surface area contributed by atoms with Crippen LogP contribution in [0.1, 0.15) is 53.5 Å². The van der Waals surface area contributed by atoms with Crippen LogP contribution >= 0.6 is 0 Å². The van der Waals surface area contributed by atoms with Gasteiger partial charge >= 0.3 is 0 Å². The number of hydrogen-bond donors (Lipinski definition) is 2. The zero-order chi connectivity index (χ0) is 25.5. The van der Waals surface area contributed by atoms with Gasteiger partial charge < -0.3 is 9.72 Å². The molecule has 182 valence electrons. The minimum atomic E-state index is -4.16. The van der Waals surface area contributed by atoms with Crippen molar-refractivity contribution in [3.8, 4) is 11.6 Å². The maximum atomic E-state index is 13.3. The average Bonchev–Trinajstić information content (AvgIpc) is 3.24. The van der Waals surface area contributed by atoms with Gasteiger partial charge in [-0.3, -0.25) is 4.79 Å². The molecule has 35 heavy (non-hydrogen) atoms. The Kier molecular flexibility index (Phi) is 6.19. The van der Waals surface area contributed by atoms with E-state index in [2.05, 4.69) is 14.7 Å². The van der Waals surface area contributed by atoms with E-state index < -0.39 is 15.9 Å². The van der Waals surface area contributed by atoms with Crippen LogP contribution in [0.4, 0.5) is 0 Å². The summed E-state index contributed by atoms with van der Waals surface area (Å²) in [6.45, 7) is 11.8. The number of ether oxygens (including phenoxy) is 1. The van der Waals surface area contributed by atoms with Crippen molar-refractivity contribution < 1.29 is 17.9 Å². The minimum absolute atomic E-state index is 0.0107. The molecule has 0 bridgehead atoms. The van der Waals surface area contributed by atoms with E-state index in [1.807, 2.05) is 53.7 Å². The first-order valence-electron chi connectivity index (χ1n) is 11.3. The lowest BCUT2D eigenvalue weighted by atomic mass is 9.91. The van der Waals surface area contributed by atoms with Crippen LogP contribution in [0.2, 0.25) is 0 Å². The molecular formula is C27H29N3O4S. The Labute approximate surface area is 205 Å². The zero-order valence-electron chi connectivity index (χ0n) is 20.7. The summed E-state index contributed by atoms with van der Waals surface area (Å²) < 4.78 is 34.7. The van der Waals surface area contributed by atoms with E-state index in [1.165, 1.54) is 6.07 Å². The summed E-state index contributed by atoms with van der Waals surface area (Å²) >= 11 is 0. The fourth-order valence-corrected chi connectivity index (χ4v) is 5.25. The third-order valence-corrected chi connectivity index (χ3v) is 7.14. The lowest BCUT2D eigenvalue weighted by molar-refractivity contribution is 0.0978. The second-order valence-corrected chi connectivity index (χ2v) is 11.4. The molecule has 0 aliphatic carbocycles. The number of aryl methyl sites for hydroxylation is 3. The number of aromatic nitrogens is 2. The number of nitrogens with zero attached hydrogens (tertiary/aromatic N) is 1. The summed E-state index contributed by atoms with van der Waals surface area (Å²) in [4.78, 5) is 20.9. The third kappa shape index (κ3) is 4.93. The Balaban J connectivity index is 1.76. The van der Waals surface area contributed by atoms with Gasteiger partial charge in [0.25, 0.3) is 15.9 Å². The first-order valence-corrected chi connectivity index (χ1v) is 12.8. The van der Waals surface area contributed by atoms with Crippen molar-refractivity contribution in [2.75, 3.05) is 0 Å². The van der Waals surface area contributed by atoms with Gasteiger partial charge in [-0.2, -0.15) is 0 Å². The number of aromatic amines is 1. The zero-order valence-corrected chi connectivity index (χ0v) is 21.5. The molecule has 7 nitrogen and oxygen atoms in total. The molecule has 0 aliphatic heterocycles. The predicted octanol–water partition coefficient (Wildman–Crippen LogP) is 5.70. The summed E-state index contributed by atoms with van der Waals surface area (Å²) in [6.07, 6.45) is 1.65. The Bertz CT molecular complexity index is 1520. The molecule has 0 unspecified atom stereocenters. The van der Waals surface area contributed by atoms with Crippen molar-refractivity contribution in [1.82, 2.24) is 14.7 Å². The normalized spacial score (nSPS) is 12.1. The standard InChI is InChI=1S/C27H29N3O4S/c1-16-14-17(2)24(18(3)15-16)34-26-20(10-11-23(29-26)27(4,5)6)25(31)30-35(32,33)22-9-7-8-21-19(22)12-13-28-21/h7-15,28H,1-6H3,(H,30,31). The molecule has 0 spiro atoms. The lowest BCUT2D eigenvalue weighted by Crippen LogP contribution is -2.31. The summed E-state index contributed by atoms with van der Waals surface area (Å²) in [6, 6.07) is 13.8. The highest BCUT2D eigenvalue weighted by Crippen LogP contribution is 2.33. The molecule has 2 aromatic carbocycles. The SMILES string of the molecule is Cc1cc(C)c(Oc2nc(C(C)(C)C)ccc2C(=O)NS(=O)(=O)c2cccc3[nH]ccc23)c(C)c1. The summed E-state index contributed by atoms with van der Waals surface area (Å²) in [5.74, 6) is -0.175. The Morgan fingerprint density at radius 1 is 1.00 bits per heavy atom. The van der Waals surface area contributed by atoms with Crippen molar-refractivity contribution >= 4 is 26.8 Å². The Morgan fingerprint density at radius 2 is 1.69 bits per heavy atom. The molecule has 1 amide bonds. The quantitative estimate of drug-likeness (QED) is 0.373. The van der Waals surface area contributed by atoms with Crippen molar-refractivity contribution in [2.45, 2.75) is 51.9 Å². The molecule has 0 saturated carbocycles. The fourth-order valence-electron chi connectivity index (χ4n) is 4.06. The number of nitrogens with one attached hydrogen (secondary N) is 2. The number of carbonyl (C=O) groups excluding carboxylic acids is 1. The monoisotopic (exact) mass is 491 g/mol. The van der Waals surface area contributed by atoms with Gasteiger partial charge in [0.2, 0.25) is 5.88 Å². The summed E-state index contributed by atoms with van der Waals surface area (Å²) in [7, 11) is -4.16. The minimum Gasteiger partial charge on any atom is -0.438 e. The lowest BCUT2D eigenvalue weighted by Gasteiger charge is -2.21. The van der Waals surface area contributed by atoms with Gasteiger partial charge in [0.05, 0.1) is 4.90 Å². The van der Waals surface area contributed by atoms with Gasteiger partial charge in [-0.25, -0.2) is 18.1 Å². The highest BCUT2D eigenvalue weighted by atomic mass is 32.2. The van der Waals surface area contributed by atoms with Gasteiger partial charge in [-0.15, -0.1) is 0 Å². The highest BCUT2D eigenvalue weighted by Gasteiger charge is 2.26. The Hall–Kier alpha value is -3.65. The van der Waals surface area contributed by atoms with Crippen LogP contribution < -0.4 is 9.46 Å². The number of fused-ring (bicyclic) bond motifs is 1. The average molecular weight is 492 g/mol. The number of H-pyrrole nitrogens is 1. The van der Waals surface area contributed by atoms with Crippen LogP contribution in [0.3, 0.4) is 0 Å². The molecule has 4 rings (SSSR count). The van der Waals surface area contributed by atoms with Crippen LogP contribution in [0, 0.1) is 20.8 Å². The Morgan fingerprint density at radius 3 is 2.34 bits per heavy atom. The number of pyridine rings is 1. The van der Waals surface area contributed by atoms with Crippen LogP contribution in [0.15, 0.2) is 59.6 Å². The second-order valence-electron chi connectivity index (χ2n) is 9.76. The predicted molar refractivity (Wildman–Crippen MR) is 137 cm³/mol. The molecule has 0 aliphatic rings. The molecular weight excluding hydrogens is 462 g/mol.